The normalized spacial score (nSPS) is 11.9. The topological polar surface area (TPSA) is 13.1 Å². The third-order valence-electron chi connectivity index (χ3n) is 8.63. The van der Waals surface area contributed by atoms with Crippen LogP contribution in [-0.2, 0) is 0 Å². The fourth-order valence-corrected chi connectivity index (χ4v) is 6.92. The molecule has 0 aliphatic carbocycles. The minimum Gasteiger partial charge on any atom is -0.455 e. The summed E-state index contributed by atoms with van der Waals surface area (Å²) in [5, 5.41) is 12.2. The molecular weight excluding hydrogens is 496 g/mol. The molecule has 0 N–H and O–H groups in total. The van der Waals surface area contributed by atoms with Crippen molar-refractivity contribution in [3.05, 3.63) is 146 Å². The van der Waals surface area contributed by atoms with Crippen LogP contribution in [0.1, 0.15) is 0 Å². The summed E-state index contributed by atoms with van der Waals surface area (Å²) < 4.78 is 6.75. The van der Waals surface area contributed by atoms with E-state index in [1.54, 1.807) is 0 Å². The average Bonchev–Trinajstić information content (AvgIpc) is 3.43. The van der Waals surface area contributed by atoms with Gasteiger partial charge in [-0.2, -0.15) is 0 Å². The van der Waals surface area contributed by atoms with Gasteiger partial charge in [0, 0.05) is 16.2 Å². The molecule has 9 rings (SSSR count). The summed E-state index contributed by atoms with van der Waals surface area (Å²) in [6.07, 6.45) is 0. The summed E-state index contributed by atoms with van der Waals surface area (Å²) in [5.41, 5.74) is 6.80. The fourth-order valence-electron chi connectivity index (χ4n) is 6.92. The number of hydrogen-bond donors (Lipinski definition) is 0. The van der Waals surface area contributed by atoms with Gasteiger partial charge in [0.2, 0.25) is 0 Å². The number of hydrogen-bond acceptors (Lipinski definition) is 1. The number of fused-ring (bicyclic) bond motifs is 10. The zero-order chi connectivity index (χ0) is 26.9. The van der Waals surface area contributed by atoms with Crippen molar-refractivity contribution in [3.8, 4) is 22.3 Å². The van der Waals surface area contributed by atoms with Crippen LogP contribution in [0.25, 0.3) is 87.3 Å². The fraction of sp³-hybridized carbons (Fsp3) is 0. The maximum absolute atomic E-state index is 6.75. The molecule has 0 saturated heterocycles. The zero-order valence-electron chi connectivity index (χ0n) is 22.3. The lowest BCUT2D eigenvalue weighted by Crippen LogP contribution is -1.90. The molecule has 0 atom stereocenters. The Balaban J connectivity index is 1.40. The van der Waals surface area contributed by atoms with Crippen molar-refractivity contribution in [2.75, 3.05) is 0 Å². The lowest BCUT2D eigenvalue weighted by molar-refractivity contribution is 0.673. The first-order valence-corrected chi connectivity index (χ1v) is 14.1. The van der Waals surface area contributed by atoms with E-state index in [1.165, 1.54) is 59.8 Å². The van der Waals surface area contributed by atoms with E-state index >= 15 is 0 Å². The molecule has 190 valence electrons. The van der Waals surface area contributed by atoms with Crippen LogP contribution in [0.15, 0.2) is 150 Å². The van der Waals surface area contributed by atoms with Crippen molar-refractivity contribution in [2.45, 2.75) is 0 Å². The van der Waals surface area contributed by atoms with E-state index in [0.29, 0.717) is 0 Å². The average molecular weight is 521 g/mol. The van der Waals surface area contributed by atoms with Gasteiger partial charge in [0.05, 0.1) is 0 Å². The van der Waals surface area contributed by atoms with Crippen molar-refractivity contribution in [1.82, 2.24) is 0 Å². The Morgan fingerprint density at radius 2 is 0.780 bits per heavy atom. The highest BCUT2D eigenvalue weighted by Crippen LogP contribution is 2.46. The molecule has 0 aliphatic heterocycles. The molecule has 1 aromatic heterocycles. The largest absolute Gasteiger partial charge is 0.455 e. The monoisotopic (exact) mass is 520 g/mol. The molecule has 0 unspecified atom stereocenters. The van der Waals surface area contributed by atoms with Crippen molar-refractivity contribution in [2.24, 2.45) is 0 Å². The summed E-state index contributed by atoms with van der Waals surface area (Å²) in [6.45, 7) is 0. The lowest BCUT2D eigenvalue weighted by Gasteiger charge is -2.17. The smallest absolute Gasteiger partial charge is 0.143 e. The van der Waals surface area contributed by atoms with Gasteiger partial charge in [-0.3, -0.25) is 0 Å². The van der Waals surface area contributed by atoms with Crippen molar-refractivity contribution in [1.29, 1.82) is 0 Å². The Morgan fingerprint density at radius 3 is 1.39 bits per heavy atom. The van der Waals surface area contributed by atoms with E-state index in [2.05, 4.69) is 146 Å². The SMILES string of the molecule is c1ccc(-c2c3ccccc3c(-c3ccc4c(c3)oc3c5ccccc5c5ccccc5c43)c3ccccc23)cc1. The molecule has 0 radical (unpaired) electrons. The molecular formula is C40H24O. The zero-order valence-corrected chi connectivity index (χ0v) is 22.3. The summed E-state index contributed by atoms with van der Waals surface area (Å²) >= 11 is 0. The van der Waals surface area contributed by atoms with Crippen LogP contribution in [0.5, 0.6) is 0 Å². The Bertz CT molecular complexity index is 2410. The number of benzene rings is 8. The highest BCUT2D eigenvalue weighted by molar-refractivity contribution is 6.30. The first kappa shape index (κ1) is 22.4. The minimum atomic E-state index is 0.916. The van der Waals surface area contributed by atoms with E-state index in [-0.39, 0.29) is 0 Å². The van der Waals surface area contributed by atoms with E-state index in [4.69, 9.17) is 4.42 Å². The Morgan fingerprint density at radius 1 is 0.317 bits per heavy atom. The van der Waals surface area contributed by atoms with Crippen LogP contribution < -0.4 is 0 Å². The van der Waals surface area contributed by atoms with Gasteiger partial charge in [-0.1, -0.05) is 133 Å². The second-order valence-corrected chi connectivity index (χ2v) is 10.8. The maximum Gasteiger partial charge on any atom is 0.143 e. The van der Waals surface area contributed by atoms with E-state index in [0.717, 1.165) is 27.5 Å². The number of furan rings is 1. The van der Waals surface area contributed by atoms with Gasteiger partial charge >= 0.3 is 0 Å². The van der Waals surface area contributed by atoms with Crippen LogP contribution in [0.3, 0.4) is 0 Å². The van der Waals surface area contributed by atoms with Gasteiger partial charge in [0.15, 0.2) is 0 Å². The Hall–Kier alpha value is -5.40. The van der Waals surface area contributed by atoms with Crippen LogP contribution in [-0.4, -0.2) is 0 Å². The molecule has 1 nitrogen and oxygen atoms in total. The number of rotatable bonds is 2. The molecule has 8 aromatic carbocycles. The van der Waals surface area contributed by atoms with Crippen LogP contribution in [0, 0.1) is 0 Å². The summed E-state index contributed by atoms with van der Waals surface area (Å²) in [6, 6.07) is 52.4. The van der Waals surface area contributed by atoms with Crippen molar-refractivity contribution >= 4 is 65.0 Å². The first-order chi connectivity index (χ1) is 20.4. The third-order valence-corrected chi connectivity index (χ3v) is 8.63. The van der Waals surface area contributed by atoms with Gasteiger partial charge in [0.25, 0.3) is 0 Å². The van der Waals surface area contributed by atoms with Crippen LogP contribution >= 0.6 is 0 Å². The first-order valence-electron chi connectivity index (χ1n) is 14.1. The van der Waals surface area contributed by atoms with Gasteiger partial charge in [-0.25, -0.2) is 0 Å². The Labute approximate surface area is 236 Å². The quantitative estimate of drug-likeness (QED) is 0.163. The van der Waals surface area contributed by atoms with Crippen LogP contribution in [0.4, 0.5) is 0 Å². The second kappa shape index (κ2) is 8.55. The van der Waals surface area contributed by atoms with Crippen molar-refractivity contribution in [3.63, 3.8) is 0 Å². The van der Waals surface area contributed by atoms with Gasteiger partial charge in [-0.15, -0.1) is 0 Å². The highest BCUT2D eigenvalue weighted by atomic mass is 16.3. The van der Waals surface area contributed by atoms with Crippen molar-refractivity contribution < 1.29 is 4.42 Å². The molecule has 0 fully saturated rings. The molecule has 41 heavy (non-hydrogen) atoms. The molecule has 0 spiro atoms. The molecule has 0 amide bonds. The lowest BCUT2D eigenvalue weighted by atomic mass is 9.86. The summed E-state index contributed by atoms with van der Waals surface area (Å²) in [4.78, 5) is 0. The maximum atomic E-state index is 6.75. The molecule has 9 aromatic rings. The second-order valence-electron chi connectivity index (χ2n) is 10.8. The van der Waals surface area contributed by atoms with Gasteiger partial charge in [-0.05, 0) is 72.1 Å². The third kappa shape index (κ3) is 3.18. The molecule has 0 bridgehead atoms. The molecule has 1 heteroatoms. The summed E-state index contributed by atoms with van der Waals surface area (Å²) in [5.74, 6) is 0. The summed E-state index contributed by atoms with van der Waals surface area (Å²) in [7, 11) is 0. The molecule has 1 heterocycles. The highest BCUT2D eigenvalue weighted by Gasteiger charge is 2.19. The van der Waals surface area contributed by atoms with E-state index in [1.807, 2.05) is 0 Å². The van der Waals surface area contributed by atoms with Gasteiger partial charge < -0.3 is 4.42 Å². The Kier molecular flexibility index (Phi) is 4.67. The van der Waals surface area contributed by atoms with E-state index in [9.17, 15) is 0 Å². The molecule has 0 aliphatic rings. The standard InChI is InChI=1S/C40H24O/c1-2-12-25(13-3-1)37-30-17-7-9-19-32(30)38(33-20-10-8-18-31(33)37)26-22-23-35-36(24-26)41-40-34-21-11-5-15-28(34)27-14-4-6-16-29(27)39(35)40/h1-24H. The predicted molar refractivity (Wildman–Crippen MR) is 175 cm³/mol. The van der Waals surface area contributed by atoms with Crippen LogP contribution in [0.2, 0.25) is 0 Å². The van der Waals surface area contributed by atoms with E-state index < -0.39 is 0 Å². The molecule has 0 saturated carbocycles. The predicted octanol–water partition coefficient (Wildman–Crippen LogP) is 11.5. The van der Waals surface area contributed by atoms with Gasteiger partial charge in [0.1, 0.15) is 11.2 Å². The minimum absolute atomic E-state index is 0.916.